The van der Waals surface area contributed by atoms with E-state index >= 15 is 0 Å². The van der Waals surface area contributed by atoms with E-state index in [-0.39, 0.29) is 0 Å². The fraction of sp³-hybridized carbons (Fsp3) is 0.941. The van der Waals surface area contributed by atoms with Gasteiger partial charge in [-0.1, -0.05) is 0 Å². The first kappa shape index (κ1) is 104. The molecule has 4 amide bonds. The third kappa shape index (κ3) is 23.5. The van der Waals surface area contributed by atoms with Crippen LogP contribution in [0.3, 0.4) is 0 Å². The van der Waals surface area contributed by atoms with Crippen molar-refractivity contribution in [3.05, 3.63) is 0 Å². The largest absolute Gasteiger partial charge is 0.397 e. The molecule has 10 aliphatic heterocycles. The van der Waals surface area contributed by atoms with Gasteiger partial charge >= 0.3 is 10.4 Å². The van der Waals surface area contributed by atoms with Crippen molar-refractivity contribution in [3.8, 4) is 0 Å². The Labute approximate surface area is 713 Å². The van der Waals surface area contributed by atoms with Crippen molar-refractivity contribution in [3.63, 3.8) is 0 Å². The Morgan fingerprint density at radius 2 is 0.563 bits per heavy atom. The van der Waals surface area contributed by atoms with Crippen molar-refractivity contribution in [1.82, 2.24) is 21.3 Å². The molecule has 0 aromatic heterocycles. The van der Waals surface area contributed by atoms with Gasteiger partial charge in [0.2, 0.25) is 23.6 Å². The molecule has 10 rings (SSSR count). The monoisotopic (exact) mass is 1870 g/mol. The van der Waals surface area contributed by atoms with Gasteiger partial charge in [-0.3, -0.25) is 23.7 Å². The Bertz CT molecular complexity index is 3570. The van der Waals surface area contributed by atoms with Crippen molar-refractivity contribution >= 4 is 34.0 Å². The van der Waals surface area contributed by atoms with E-state index in [0.717, 1.165) is 27.7 Å². The summed E-state index contributed by atoms with van der Waals surface area (Å²) >= 11 is 0. The van der Waals surface area contributed by atoms with Gasteiger partial charge in [-0.05, 0) is 6.92 Å². The van der Waals surface area contributed by atoms with Crippen LogP contribution >= 0.6 is 0 Å². The number of aliphatic hydroxyl groups is 26. The number of carbonyl (C=O) groups is 4. The molecule has 0 saturated carbocycles. The molecule has 0 unspecified atom stereocenters. The van der Waals surface area contributed by atoms with Crippen molar-refractivity contribution in [1.29, 1.82) is 0 Å². The van der Waals surface area contributed by atoms with Crippen LogP contribution in [-0.2, 0) is 124 Å². The van der Waals surface area contributed by atoms with Crippen molar-refractivity contribution in [2.75, 3.05) is 59.5 Å². The normalized spacial score (nSPS) is 48.6. The molecule has 0 aromatic rings. The van der Waals surface area contributed by atoms with Crippen LogP contribution < -0.4 is 21.3 Å². The molecule has 58 heteroatoms. The van der Waals surface area contributed by atoms with Gasteiger partial charge in [0.1, 0.15) is 238 Å². The molecular weight excluding hydrogens is 1750 g/mol. The minimum Gasteiger partial charge on any atom is -0.394 e. The van der Waals surface area contributed by atoms with Crippen molar-refractivity contribution in [2.45, 2.75) is 341 Å². The average molecular weight is 1870 g/mol. The summed E-state index contributed by atoms with van der Waals surface area (Å²) in [5.74, 6) is -3.91. The van der Waals surface area contributed by atoms with E-state index in [2.05, 4.69) is 21.3 Å². The molecule has 126 heavy (non-hydrogen) atoms. The van der Waals surface area contributed by atoms with Gasteiger partial charge in [0.25, 0.3) is 0 Å². The quantitative estimate of drug-likeness (QED) is 0.0271. The number of carbonyl (C=O) groups excluding carboxylic acids is 4. The van der Waals surface area contributed by atoms with E-state index in [1.54, 1.807) is 0 Å². The Kier molecular flexibility index (Phi) is 37.0. The second-order valence-electron chi connectivity index (χ2n) is 31.5. The van der Waals surface area contributed by atoms with E-state index in [1.165, 1.54) is 6.92 Å². The number of amides is 4. The van der Waals surface area contributed by atoms with Gasteiger partial charge in [0.05, 0.1) is 65.6 Å². The highest BCUT2D eigenvalue weighted by Gasteiger charge is 2.63. The van der Waals surface area contributed by atoms with Crippen LogP contribution in [0.15, 0.2) is 0 Å². The first-order valence-corrected chi connectivity index (χ1v) is 41.0. The first-order valence-electron chi connectivity index (χ1n) is 39.7. The van der Waals surface area contributed by atoms with E-state index in [0.29, 0.717) is 0 Å². The first-order chi connectivity index (χ1) is 59.3. The van der Waals surface area contributed by atoms with E-state index in [1.807, 2.05) is 0 Å². The molecular formula is C68H114N4O53S. The van der Waals surface area contributed by atoms with Crippen LogP contribution in [0.1, 0.15) is 34.6 Å². The third-order valence-corrected chi connectivity index (χ3v) is 23.1. The number of rotatable bonds is 33. The van der Waals surface area contributed by atoms with Gasteiger partial charge in [-0.15, -0.1) is 0 Å². The molecule has 0 radical (unpaired) electrons. The summed E-state index contributed by atoms with van der Waals surface area (Å²) in [6, 6.07) is -7.88. The highest BCUT2D eigenvalue weighted by Crippen LogP contribution is 2.42. The third-order valence-electron chi connectivity index (χ3n) is 22.6. The van der Waals surface area contributed by atoms with E-state index in [4.69, 9.17) is 94.2 Å². The second-order valence-corrected chi connectivity index (χ2v) is 32.6. The Morgan fingerprint density at radius 3 is 1.00 bits per heavy atom. The molecule has 50 atom stereocenters. The van der Waals surface area contributed by atoms with Gasteiger partial charge in [-0.2, -0.15) is 8.42 Å². The number of aliphatic hydroxyl groups excluding tert-OH is 26. The number of nitrogens with one attached hydrogen (secondary N) is 4. The minimum atomic E-state index is -5.62. The van der Waals surface area contributed by atoms with Gasteiger partial charge in [0.15, 0.2) is 62.9 Å². The van der Waals surface area contributed by atoms with Gasteiger partial charge in [0, 0.05) is 27.7 Å². The maximum atomic E-state index is 13.6. The summed E-state index contributed by atoms with van der Waals surface area (Å²) < 4.78 is 153. The zero-order chi connectivity index (χ0) is 93.0. The molecule has 10 aliphatic rings. The molecule has 31 N–H and O–H groups in total. The standard InChI is InChI=1S/C68H114N4O53S/c1-15-33(84)42(93)47(98)63(108-15)122-55-32(72-19(5)83)62(117-28(14-107-126(103,104)105)54(55)121-65-49(100)44(95)35(86)21(7-74)111-65)124-57-45(96)36(87)22(8-75)112-67(57)106-13-27-38(89)56(50(101)66(116-27)120-53-26(12-79)114-60(30(40(53)91)70-17(3)81)118-51-24(10-77)109-59(102)29(39(51)90)69-16(2)80)123-68-58(46(97)37(88)23(9-76)113-68)125-61-31(71-18(4)82)41(92)52(25(11-78)115-61)119-64-48(99)43(94)34(85)20(6-73)110-64/h15,20-68,73-79,84-102H,6-14H2,1-5H3,(H,69,80)(H,70,81)(H,71,82)(H,72,83)(H,103,104,105)/t15-,20+,21+,22+,23+,24+,25+,26+,27+,28+,29+,30+,31+,32+,33+,34-,35-,36+,37+,38+,39+,40+,41+,42+,43-,44-,45-,46-,47-,48+,49+,50-,51+,52+,53+,54+,55+,56-,57-,58-,59+,60-,61-,62-,63-,64-,65-,66-,67-,68+/m0/s1. The summed E-state index contributed by atoms with van der Waals surface area (Å²) in [6.45, 7) is -6.06. The number of hydrogen-bond donors (Lipinski definition) is 31. The summed E-state index contributed by atoms with van der Waals surface area (Å²) in [4.78, 5) is 51.9. The van der Waals surface area contributed by atoms with E-state index in [9.17, 15) is 165 Å². The zero-order valence-electron chi connectivity index (χ0n) is 67.3. The van der Waals surface area contributed by atoms with E-state index < -0.39 is 400 Å². The van der Waals surface area contributed by atoms with Crippen LogP contribution in [-0.4, -0.2) is 536 Å². The summed E-state index contributed by atoms with van der Waals surface area (Å²) in [6.07, 6.45) is -100. The Balaban J connectivity index is 1.03. The van der Waals surface area contributed by atoms with Crippen LogP contribution in [0.25, 0.3) is 0 Å². The maximum absolute atomic E-state index is 13.6. The van der Waals surface area contributed by atoms with Gasteiger partial charge in [-0.25, -0.2) is 4.18 Å². The molecule has 0 aromatic carbocycles. The number of ether oxygens (including phenoxy) is 19. The molecule has 10 heterocycles. The molecule has 0 spiro atoms. The fourth-order valence-corrected chi connectivity index (χ4v) is 16.3. The highest BCUT2D eigenvalue weighted by atomic mass is 32.3. The van der Waals surface area contributed by atoms with Gasteiger partial charge < -0.3 is 244 Å². The lowest BCUT2D eigenvalue weighted by molar-refractivity contribution is -0.400. The lowest BCUT2D eigenvalue weighted by Crippen LogP contribution is -2.71. The lowest BCUT2D eigenvalue weighted by atomic mass is 9.93. The maximum Gasteiger partial charge on any atom is 0.397 e. The lowest BCUT2D eigenvalue weighted by Gasteiger charge is -2.52. The second kappa shape index (κ2) is 44.9. The molecule has 10 saturated heterocycles. The predicted molar refractivity (Wildman–Crippen MR) is 385 cm³/mol. The Hall–Kier alpha value is -4.05. The average Bonchev–Trinajstić information content (AvgIpc) is 0.762. The molecule has 730 valence electrons. The summed E-state index contributed by atoms with van der Waals surface area (Å²) in [5, 5.41) is 301. The molecule has 57 nitrogen and oxygen atoms in total. The van der Waals surface area contributed by atoms with Crippen LogP contribution in [0, 0.1) is 0 Å². The van der Waals surface area contributed by atoms with Crippen LogP contribution in [0.2, 0.25) is 0 Å². The van der Waals surface area contributed by atoms with Crippen LogP contribution in [0.4, 0.5) is 0 Å². The topological polar surface area (TPSA) is 881 Å². The fourth-order valence-electron chi connectivity index (χ4n) is 16.0. The SMILES string of the molecule is CC(=O)N[C@@H]1[C@@H](O)[C@H](O[C@@H]2O[C@H](CO)[C@@H](O[C@@H]3O[C@H](CO[C@H]4O[C@H](CO)[C@@H](O)[C@H](O)[C@@H]4O[C@@H]4O[C@H](COS(=O)(=O)O)[C@@H](O[C@@H]5O[C@H](CO)[C@H](O)[C@H](O)[C@H]5O)[C@H](O[C@@H]5O[C@@H](C)[C@@H](O)[C@@H](O)[C@@H]5O)[C@H]4NC(C)=O)[C@@H](O)[C@H](O[C@H]4O[C@H](CO)[C@@H](O)[C@H](O)[C@@H]4O[C@@H]4O[C@H](CO)[C@@H](O[C@@H]5O[C@H](CO)[C@H](O)[C@H](O)[C@H]5O)[C@H](O)[C@H]4NC(C)=O)[C@@H]3O)[C@H](O)[C@H]2NC(C)=O)[C@@H](CO)O[C@H]1O. The minimum absolute atomic E-state index is 0.818. The van der Waals surface area contributed by atoms with Crippen LogP contribution in [0.5, 0.6) is 0 Å². The Morgan fingerprint density at radius 1 is 0.262 bits per heavy atom. The summed E-state index contributed by atoms with van der Waals surface area (Å²) in [7, 11) is -5.62. The molecule has 0 bridgehead atoms. The summed E-state index contributed by atoms with van der Waals surface area (Å²) in [5.41, 5.74) is 0. The number of hydrogen-bond acceptors (Lipinski definition) is 52. The van der Waals surface area contributed by atoms with Crippen molar-refractivity contribution < 1.29 is 259 Å². The molecule has 10 fully saturated rings. The zero-order valence-corrected chi connectivity index (χ0v) is 68.1. The predicted octanol–water partition coefficient (Wildman–Crippen LogP) is -21.4. The molecule has 0 aliphatic carbocycles. The highest BCUT2D eigenvalue weighted by molar-refractivity contribution is 7.80. The van der Waals surface area contributed by atoms with Crippen molar-refractivity contribution in [2.24, 2.45) is 0 Å². The smallest absolute Gasteiger partial charge is 0.394 e.